The fourth-order valence-electron chi connectivity index (χ4n) is 1.08. The summed E-state index contributed by atoms with van der Waals surface area (Å²) in [5.41, 5.74) is 6.58. The summed E-state index contributed by atoms with van der Waals surface area (Å²) in [6.07, 6.45) is 1.56. The fraction of sp³-hybridized carbons (Fsp3) is 0.400. The van der Waals surface area contributed by atoms with Gasteiger partial charge < -0.3 is 10.6 Å². The summed E-state index contributed by atoms with van der Waals surface area (Å²) in [6.45, 7) is 4.08. The van der Waals surface area contributed by atoms with Gasteiger partial charge in [0.15, 0.2) is 0 Å². The van der Waals surface area contributed by atoms with Gasteiger partial charge in [0.05, 0.1) is 17.4 Å². The number of hydrogen-bond acceptors (Lipinski definition) is 4. The normalized spacial score (nSPS) is 9.93. The van der Waals surface area contributed by atoms with Crippen molar-refractivity contribution in [3.63, 3.8) is 0 Å². The molecule has 0 fully saturated rings. The lowest BCUT2D eigenvalue weighted by molar-refractivity contribution is 0.742. The molecule has 1 aromatic rings. The van der Waals surface area contributed by atoms with E-state index in [-0.39, 0.29) is 0 Å². The van der Waals surface area contributed by atoms with E-state index in [1.807, 2.05) is 25.8 Å². The van der Waals surface area contributed by atoms with E-state index in [4.69, 9.17) is 11.0 Å². The maximum Gasteiger partial charge on any atom is 0.146 e. The lowest BCUT2D eigenvalue weighted by Crippen LogP contribution is -2.27. The van der Waals surface area contributed by atoms with E-state index in [1.165, 1.54) is 0 Å². The van der Waals surface area contributed by atoms with Crippen LogP contribution in [0.25, 0.3) is 0 Å². The summed E-state index contributed by atoms with van der Waals surface area (Å²) >= 11 is 0. The Morgan fingerprint density at radius 2 is 2.21 bits per heavy atom. The molecule has 0 bridgehead atoms. The summed E-state index contributed by atoms with van der Waals surface area (Å²) in [6, 6.07) is 4.03. The van der Waals surface area contributed by atoms with E-state index < -0.39 is 0 Å². The SMILES string of the molecule is CC(C)N(C)c1ncc(N)cc1C#N. The van der Waals surface area contributed by atoms with Crippen LogP contribution in [-0.2, 0) is 0 Å². The minimum Gasteiger partial charge on any atom is -0.397 e. The zero-order valence-electron chi connectivity index (χ0n) is 8.65. The Morgan fingerprint density at radius 3 is 2.71 bits per heavy atom. The minimum atomic E-state index is 0.304. The molecule has 0 aliphatic heterocycles. The van der Waals surface area contributed by atoms with Gasteiger partial charge in [-0.25, -0.2) is 4.98 Å². The van der Waals surface area contributed by atoms with Crippen molar-refractivity contribution in [1.29, 1.82) is 5.26 Å². The number of rotatable bonds is 2. The van der Waals surface area contributed by atoms with Gasteiger partial charge in [-0.05, 0) is 19.9 Å². The van der Waals surface area contributed by atoms with Crippen LogP contribution in [0.15, 0.2) is 12.3 Å². The van der Waals surface area contributed by atoms with Gasteiger partial charge in [-0.1, -0.05) is 0 Å². The Balaban J connectivity index is 3.16. The minimum absolute atomic E-state index is 0.304. The number of nitrogens with two attached hydrogens (primary N) is 1. The van der Waals surface area contributed by atoms with E-state index in [1.54, 1.807) is 12.3 Å². The average molecular weight is 190 g/mol. The molecule has 74 valence electrons. The van der Waals surface area contributed by atoms with Gasteiger partial charge in [0, 0.05) is 13.1 Å². The molecule has 0 aromatic carbocycles. The number of nitriles is 1. The first-order chi connectivity index (χ1) is 6.56. The van der Waals surface area contributed by atoms with Crippen LogP contribution in [0.4, 0.5) is 11.5 Å². The van der Waals surface area contributed by atoms with Crippen molar-refractivity contribution in [2.24, 2.45) is 0 Å². The monoisotopic (exact) mass is 190 g/mol. The summed E-state index contributed by atoms with van der Waals surface area (Å²) in [5, 5.41) is 8.90. The highest BCUT2D eigenvalue weighted by atomic mass is 15.2. The number of nitrogen functional groups attached to an aromatic ring is 1. The van der Waals surface area contributed by atoms with Gasteiger partial charge in [0.1, 0.15) is 11.9 Å². The van der Waals surface area contributed by atoms with Gasteiger partial charge in [-0.3, -0.25) is 0 Å². The van der Waals surface area contributed by atoms with E-state index in [0.717, 1.165) is 0 Å². The Kier molecular flexibility index (Phi) is 2.92. The molecule has 1 heterocycles. The molecule has 0 amide bonds. The van der Waals surface area contributed by atoms with Crippen molar-refractivity contribution in [3.8, 4) is 6.07 Å². The summed E-state index contributed by atoms with van der Waals surface area (Å²) in [4.78, 5) is 6.09. The lowest BCUT2D eigenvalue weighted by atomic mass is 10.2. The predicted octanol–water partition coefficient (Wildman–Crippen LogP) is 1.38. The van der Waals surface area contributed by atoms with Crippen molar-refractivity contribution in [2.45, 2.75) is 19.9 Å². The summed E-state index contributed by atoms with van der Waals surface area (Å²) < 4.78 is 0. The van der Waals surface area contributed by atoms with E-state index in [2.05, 4.69) is 11.1 Å². The van der Waals surface area contributed by atoms with Crippen LogP contribution < -0.4 is 10.6 Å². The van der Waals surface area contributed by atoms with Crippen LogP contribution in [0.3, 0.4) is 0 Å². The van der Waals surface area contributed by atoms with Crippen LogP contribution in [0.5, 0.6) is 0 Å². The lowest BCUT2D eigenvalue weighted by Gasteiger charge is -2.23. The molecule has 4 nitrogen and oxygen atoms in total. The summed E-state index contributed by atoms with van der Waals surface area (Å²) in [7, 11) is 1.91. The third kappa shape index (κ3) is 1.94. The van der Waals surface area contributed by atoms with Crippen LogP contribution in [0.1, 0.15) is 19.4 Å². The van der Waals surface area contributed by atoms with Crippen LogP contribution in [0.2, 0.25) is 0 Å². The standard InChI is InChI=1S/C10H14N4/c1-7(2)14(3)10-8(5-11)4-9(12)6-13-10/h4,6-7H,12H2,1-3H3. The van der Waals surface area contributed by atoms with E-state index in [0.29, 0.717) is 23.1 Å². The molecule has 4 heteroatoms. The van der Waals surface area contributed by atoms with Gasteiger partial charge in [-0.2, -0.15) is 5.26 Å². The highest BCUT2D eigenvalue weighted by molar-refractivity contribution is 5.58. The van der Waals surface area contributed by atoms with Gasteiger partial charge in [0.2, 0.25) is 0 Å². The van der Waals surface area contributed by atoms with Gasteiger partial charge in [0.25, 0.3) is 0 Å². The first-order valence-electron chi connectivity index (χ1n) is 4.44. The maximum absolute atomic E-state index is 8.90. The molecule has 14 heavy (non-hydrogen) atoms. The van der Waals surface area contributed by atoms with Crippen LogP contribution in [0, 0.1) is 11.3 Å². The smallest absolute Gasteiger partial charge is 0.146 e. The van der Waals surface area contributed by atoms with Gasteiger partial charge in [-0.15, -0.1) is 0 Å². The first kappa shape index (κ1) is 10.3. The molecule has 0 saturated carbocycles. The maximum atomic E-state index is 8.90. The molecule has 1 rings (SSSR count). The third-order valence-electron chi connectivity index (χ3n) is 2.12. The highest BCUT2D eigenvalue weighted by Crippen LogP contribution is 2.19. The number of anilines is 2. The molecule has 0 aliphatic carbocycles. The number of hydrogen-bond donors (Lipinski definition) is 1. The topological polar surface area (TPSA) is 65.9 Å². The van der Waals surface area contributed by atoms with E-state index in [9.17, 15) is 0 Å². The van der Waals surface area contributed by atoms with Crippen molar-refractivity contribution in [1.82, 2.24) is 4.98 Å². The molecule has 0 atom stereocenters. The number of nitrogens with zero attached hydrogens (tertiary/aromatic N) is 3. The van der Waals surface area contributed by atoms with Crippen molar-refractivity contribution < 1.29 is 0 Å². The number of pyridine rings is 1. The van der Waals surface area contributed by atoms with Crippen molar-refractivity contribution in [3.05, 3.63) is 17.8 Å². The fourth-order valence-corrected chi connectivity index (χ4v) is 1.08. The second-order valence-corrected chi connectivity index (χ2v) is 3.46. The molecular formula is C10H14N4. The second-order valence-electron chi connectivity index (χ2n) is 3.46. The molecular weight excluding hydrogens is 176 g/mol. The average Bonchev–Trinajstić information content (AvgIpc) is 2.16. The summed E-state index contributed by atoms with van der Waals surface area (Å²) in [5.74, 6) is 0.678. The van der Waals surface area contributed by atoms with Gasteiger partial charge >= 0.3 is 0 Å². The Morgan fingerprint density at radius 1 is 1.57 bits per heavy atom. The molecule has 0 radical (unpaired) electrons. The largest absolute Gasteiger partial charge is 0.397 e. The predicted molar refractivity (Wildman–Crippen MR) is 56.9 cm³/mol. The molecule has 1 aromatic heterocycles. The quantitative estimate of drug-likeness (QED) is 0.765. The van der Waals surface area contributed by atoms with Crippen molar-refractivity contribution >= 4 is 11.5 Å². The molecule has 0 spiro atoms. The van der Waals surface area contributed by atoms with Crippen LogP contribution in [-0.4, -0.2) is 18.1 Å². The molecule has 0 unspecified atom stereocenters. The second kappa shape index (κ2) is 3.97. The van der Waals surface area contributed by atoms with Crippen LogP contribution >= 0.6 is 0 Å². The van der Waals surface area contributed by atoms with Crippen molar-refractivity contribution in [2.75, 3.05) is 17.7 Å². The Hall–Kier alpha value is -1.76. The first-order valence-corrected chi connectivity index (χ1v) is 4.44. The highest BCUT2D eigenvalue weighted by Gasteiger charge is 2.11. The molecule has 0 saturated heterocycles. The molecule has 2 N–H and O–H groups in total. The van der Waals surface area contributed by atoms with E-state index >= 15 is 0 Å². The third-order valence-corrected chi connectivity index (χ3v) is 2.12. The Labute approximate surface area is 84.0 Å². The number of aromatic nitrogens is 1. The molecule has 0 aliphatic rings. The zero-order valence-corrected chi connectivity index (χ0v) is 8.65. The Bertz CT molecular complexity index is 365. The zero-order chi connectivity index (χ0) is 10.7.